The summed E-state index contributed by atoms with van der Waals surface area (Å²) < 4.78 is 11.4. The van der Waals surface area contributed by atoms with E-state index >= 15 is 0 Å². The van der Waals surface area contributed by atoms with Gasteiger partial charge in [-0.2, -0.15) is 4.98 Å². The first-order valence-electron chi connectivity index (χ1n) is 7.53. The molecule has 0 amide bonds. The Kier molecular flexibility index (Phi) is 2.67. The molecule has 2 bridgehead atoms. The fourth-order valence-corrected chi connectivity index (χ4v) is 3.89. The predicted molar refractivity (Wildman–Crippen MR) is 68.5 cm³/mol. The third-order valence-electron chi connectivity index (χ3n) is 5.05. The van der Waals surface area contributed by atoms with Gasteiger partial charge < -0.3 is 15.0 Å². The van der Waals surface area contributed by atoms with Crippen LogP contribution in [0.5, 0.6) is 0 Å². The van der Waals surface area contributed by atoms with E-state index in [1.165, 1.54) is 12.8 Å². The largest absolute Gasteiger partial charge is 0.374 e. The molecule has 0 radical (unpaired) electrons. The van der Waals surface area contributed by atoms with Crippen molar-refractivity contribution in [2.75, 3.05) is 0 Å². The van der Waals surface area contributed by atoms with Gasteiger partial charge in [-0.3, -0.25) is 0 Å². The minimum atomic E-state index is -0.387. The Balaban J connectivity index is 1.56. The van der Waals surface area contributed by atoms with Crippen molar-refractivity contribution in [3.8, 4) is 0 Å². The maximum absolute atomic E-state index is 6.44. The lowest BCUT2D eigenvalue weighted by molar-refractivity contribution is 0.0996. The Morgan fingerprint density at radius 3 is 2.68 bits per heavy atom. The van der Waals surface area contributed by atoms with E-state index in [1.54, 1.807) is 0 Å². The molecular weight excluding hydrogens is 242 g/mol. The van der Waals surface area contributed by atoms with Gasteiger partial charge in [-0.25, -0.2) is 0 Å². The van der Waals surface area contributed by atoms with Gasteiger partial charge in [0, 0.05) is 0 Å². The average molecular weight is 263 g/mol. The Bertz CT molecular complexity index is 467. The van der Waals surface area contributed by atoms with Crippen LogP contribution in [0.25, 0.3) is 0 Å². The van der Waals surface area contributed by atoms with Crippen molar-refractivity contribution in [2.45, 2.75) is 75.0 Å². The van der Waals surface area contributed by atoms with Crippen molar-refractivity contribution in [3.05, 3.63) is 11.7 Å². The second-order valence-electron chi connectivity index (χ2n) is 6.39. The van der Waals surface area contributed by atoms with Crippen LogP contribution in [0.2, 0.25) is 0 Å². The maximum atomic E-state index is 6.44. The molecule has 2 aliphatic heterocycles. The molecule has 3 heterocycles. The van der Waals surface area contributed by atoms with Crippen LogP contribution in [-0.4, -0.2) is 22.3 Å². The molecule has 1 aromatic rings. The second-order valence-corrected chi connectivity index (χ2v) is 6.39. The number of fused-ring (bicyclic) bond motifs is 2. The van der Waals surface area contributed by atoms with Crippen molar-refractivity contribution in [1.29, 1.82) is 0 Å². The number of rotatable bonds is 2. The lowest BCUT2D eigenvalue weighted by Gasteiger charge is -2.29. The van der Waals surface area contributed by atoms with Gasteiger partial charge in [0.1, 0.15) is 0 Å². The molecule has 5 heteroatoms. The summed E-state index contributed by atoms with van der Waals surface area (Å²) in [6, 6.07) is 0. The molecule has 2 N–H and O–H groups in total. The van der Waals surface area contributed by atoms with Gasteiger partial charge in [-0.1, -0.05) is 24.4 Å². The molecule has 5 nitrogen and oxygen atoms in total. The maximum Gasteiger partial charge on any atom is 0.246 e. The van der Waals surface area contributed by atoms with Gasteiger partial charge in [0.15, 0.2) is 5.82 Å². The summed E-state index contributed by atoms with van der Waals surface area (Å²) in [6.45, 7) is 0. The minimum Gasteiger partial charge on any atom is -0.374 e. The predicted octanol–water partition coefficient (Wildman–Crippen LogP) is 2.22. The average Bonchev–Trinajstić information content (AvgIpc) is 3.15. The van der Waals surface area contributed by atoms with Gasteiger partial charge in [-0.05, 0) is 32.1 Å². The highest BCUT2D eigenvalue weighted by molar-refractivity contribution is 5.10. The van der Waals surface area contributed by atoms with Crippen LogP contribution in [0.3, 0.4) is 0 Å². The zero-order chi connectivity index (χ0) is 12.9. The molecule has 3 atom stereocenters. The first kappa shape index (κ1) is 11.9. The monoisotopic (exact) mass is 263 g/mol. The van der Waals surface area contributed by atoms with E-state index in [1.807, 2.05) is 0 Å². The molecule has 104 valence electrons. The Labute approximate surface area is 112 Å². The van der Waals surface area contributed by atoms with Crippen LogP contribution >= 0.6 is 0 Å². The Morgan fingerprint density at radius 2 is 2.00 bits per heavy atom. The third-order valence-corrected chi connectivity index (χ3v) is 5.05. The summed E-state index contributed by atoms with van der Waals surface area (Å²) in [7, 11) is 0. The van der Waals surface area contributed by atoms with E-state index < -0.39 is 0 Å². The van der Waals surface area contributed by atoms with E-state index in [9.17, 15) is 0 Å². The summed E-state index contributed by atoms with van der Waals surface area (Å²) in [6.07, 6.45) is 9.58. The highest BCUT2D eigenvalue weighted by Gasteiger charge is 2.44. The zero-order valence-electron chi connectivity index (χ0n) is 11.2. The van der Waals surface area contributed by atoms with Crippen molar-refractivity contribution in [1.82, 2.24) is 10.1 Å². The number of hydrogen-bond acceptors (Lipinski definition) is 5. The molecule has 0 aromatic carbocycles. The lowest BCUT2D eigenvalue weighted by Crippen LogP contribution is -2.39. The topological polar surface area (TPSA) is 74.2 Å². The molecule has 1 aromatic heterocycles. The molecule has 3 fully saturated rings. The van der Waals surface area contributed by atoms with Crippen LogP contribution in [0.15, 0.2) is 4.52 Å². The van der Waals surface area contributed by atoms with E-state index in [4.69, 9.17) is 15.0 Å². The van der Waals surface area contributed by atoms with Gasteiger partial charge in [0.2, 0.25) is 5.89 Å². The highest BCUT2D eigenvalue weighted by Crippen LogP contribution is 2.44. The van der Waals surface area contributed by atoms with Crippen LogP contribution < -0.4 is 5.73 Å². The van der Waals surface area contributed by atoms with Gasteiger partial charge in [0.25, 0.3) is 0 Å². The molecule has 2 saturated heterocycles. The number of nitrogens with two attached hydrogens (primary N) is 1. The van der Waals surface area contributed by atoms with E-state index in [2.05, 4.69) is 10.1 Å². The quantitative estimate of drug-likeness (QED) is 0.885. The van der Waals surface area contributed by atoms with Crippen molar-refractivity contribution < 1.29 is 9.26 Å². The summed E-state index contributed by atoms with van der Waals surface area (Å²) in [5.74, 6) is 1.78. The number of ether oxygens (including phenoxy) is 1. The SMILES string of the molecule is NC1(c2nc(C3CC4CCC3O4)no2)CCCCC1. The lowest BCUT2D eigenvalue weighted by atomic mass is 9.82. The smallest absolute Gasteiger partial charge is 0.246 e. The molecule has 4 rings (SSSR count). The molecule has 19 heavy (non-hydrogen) atoms. The van der Waals surface area contributed by atoms with E-state index in [0.29, 0.717) is 24.0 Å². The second kappa shape index (κ2) is 4.28. The molecule has 3 unspecified atom stereocenters. The fourth-order valence-electron chi connectivity index (χ4n) is 3.89. The summed E-state index contributed by atoms with van der Waals surface area (Å²) >= 11 is 0. The van der Waals surface area contributed by atoms with Crippen LogP contribution in [-0.2, 0) is 10.3 Å². The van der Waals surface area contributed by atoms with E-state index in [0.717, 1.165) is 44.3 Å². The Hall–Kier alpha value is -0.940. The van der Waals surface area contributed by atoms with Crippen LogP contribution in [0.4, 0.5) is 0 Å². The highest BCUT2D eigenvalue weighted by atomic mass is 16.5. The molecular formula is C14H21N3O2. The summed E-state index contributed by atoms with van der Waals surface area (Å²) in [4.78, 5) is 4.62. The first-order chi connectivity index (χ1) is 9.24. The van der Waals surface area contributed by atoms with Crippen LogP contribution in [0.1, 0.15) is 69.0 Å². The molecule has 1 aliphatic carbocycles. The fraction of sp³-hybridized carbons (Fsp3) is 0.857. The first-order valence-corrected chi connectivity index (χ1v) is 7.53. The van der Waals surface area contributed by atoms with Gasteiger partial charge >= 0.3 is 0 Å². The molecule has 1 saturated carbocycles. The molecule has 3 aliphatic rings. The number of nitrogens with zero attached hydrogens (tertiary/aromatic N) is 2. The Morgan fingerprint density at radius 1 is 1.16 bits per heavy atom. The standard InChI is InChI=1S/C14H21N3O2/c15-14(6-2-1-3-7-14)13-16-12(17-19-13)10-8-9-4-5-11(10)18-9/h9-11H,1-8,15H2. The third kappa shape index (κ3) is 1.91. The van der Waals surface area contributed by atoms with E-state index in [-0.39, 0.29) is 5.54 Å². The van der Waals surface area contributed by atoms with Crippen molar-refractivity contribution in [2.24, 2.45) is 5.73 Å². The zero-order valence-corrected chi connectivity index (χ0v) is 11.2. The summed E-state index contributed by atoms with van der Waals surface area (Å²) in [5.41, 5.74) is 6.05. The van der Waals surface area contributed by atoms with Gasteiger partial charge in [-0.15, -0.1) is 0 Å². The number of hydrogen-bond donors (Lipinski definition) is 1. The normalized spacial score (nSPS) is 36.8. The van der Waals surface area contributed by atoms with Gasteiger partial charge in [0.05, 0.1) is 23.7 Å². The summed E-state index contributed by atoms with van der Waals surface area (Å²) in [5, 5.41) is 4.19. The molecule has 0 spiro atoms. The minimum absolute atomic E-state index is 0.301. The number of aromatic nitrogens is 2. The van der Waals surface area contributed by atoms with Crippen molar-refractivity contribution >= 4 is 0 Å². The van der Waals surface area contributed by atoms with Crippen molar-refractivity contribution in [3.63, 3.8) is 0 Å². The van der Waals surface area contributed by atoms with Crippen LogP contribution in [0, 0.1) is 0 Å².